The predicted octanol–water partition coefficient (Wildman–Crippen LogP) is 5.54. The van der Waals surface area contributed by atoms with Crippen molar-refractivity contribution in [1.29, 1.82) is 0 Å². The molecule has 0 unspecified atom stereocenters. The van der Waals surface area contributed by atoms with Crippen LogP contribution in [0.4, 0.5) is 4.79 Å². The van der Waals surface area contributed by atoms with E-state index in [0.717, 1.165) is 21.1 Å². The summed E-state index contributed by atoms with van der Waals surface area (Å²) in [5.74, 6) is 0.253. The number of ether oxygens (including phenoxy) is 2. The Labute approximate surface area is 194 Å². The summed E-state index contributed by atoms with van der Waals surface area (Å²) < 4.78 is 12.4. The van der Waals surface area contributed by atoms with Gasteiger partial charge in [-0.3, -0.25) is 19.3 Å². The van der Waals surface area contributed by atoms with Crippen LogP contribution in [0.15, 0.2) is 50.2 Å². The molecule has 0 saturated carbocycles. The number of thioether (sulfide) groups is 1. The second-order valence-electron chi connectivity index (χ2n) is 6.17. The summed E-state index contributed by atoms with van der Waals surface area (Å²) in [4.78, 5) is 38.8. The molecule has 0 bridgehead atoms. The number of imide groups is 1. The Morgan fingerprint density at radius 2 is 1.87 bits per heavy atom. The van der Waals surface area contributed by atoms with Gasteiger partial charge in [0.15, 0.2) is 17.3 Å². The highest BCUT2D eigenvalue weighted by molar-refractivity contribution is 9.10. The Morgan fingerprint density at radius 1 is 1.17 bits per heavy atom. The largest absolute Gasteiger partial charge is 0.493 e. The summed E-state index contributed by atoms with van der Waals surface area (Å²) >= 11 is 7.55. The van der Waals surface area contributed by atoms with Gasteiger partial charge in [0.2, 0.25) is 0 Å². The van der Waals surface area contributed by atoms with Crippen molar-refractivity contribution in [3.8, 4) is 11.5 Å². The van der Waals surface area contributed by atoms with E-state index in [2.05, 4.69) is 31.9 Å². The first-order valence-corrected chi connectivity index (χ1v) is 11.3. The fourth-order valence-electron chi connectivity index (χ4n) is 2.77. The molecule has 3 rings (SSSR count). The topological polar surface area (TPSA) is 72.9 Å². The zero-order valence-corrected chi connectivity index (χ0v) is 20.1. The molecule has 2 aromatic rings. The lowest BCUT2D eigenvalue weighted by Gasteiger charge is -2.12. The third kappa shape index (κ3) is 4.96. The molecule has 1 fully saturated rings. The van der Waals surface area contributed by atoms with Crippen LogP contribution < -0.4 is 9.47 Å². The first kappa shape index (κ1) is 22.6. The maximum atomic E-state index is 12.7. The summed E-state index contributed by atoms with van der Waals surface area (Å²) in [5, 5.41) is -0.478. The molecule has 2 aromatic carbocycles. The number of ketones is 1. The number of benzene rings is 2. The number of carbonyl (C=O) groups is 3. The molecule has 0 atom stereocenters. The van der Waals surface area contributed by atoms with Crippen LogP contribution in [0.2, 0.25) is 0 Å². The summed E-state index contributed by atoms with van der Waals surface area (Å²) in [6.07, 6.45) is 1.60. The predicted molar refractivity (Wildman–Crippen MR) is 123 cm³/mol. The number of rotatable bonds is 7. The number of methoxy groups -OCH3 is 1. The van der Waals surface area contributed by atoms with Crippen molar-refractivity contribution in [2.24, 2.45) is 0 Å². The molecular formula is C21H17Br2NO5S. The van der Waals surface area contributed by atoms with Gasteiger partial charge in [0, 0.05) is 10.0 Å². The smallest absolute Gasteiger partial charge is 0.293 e. The summed E-state index contributed by atoms with van der Waals surface area (Å²) in [6, 6.07) is 10.2. The Bertz CT molecular complexity index is 1040. The molecule has 1 aliphatic heterocycles. The fraction of sp³-hybridized carbons (Fsp3) is 0.190. The third-order valence-electron chi connectivity index (χ3n) is 4.18. The van der Waals surface area contributed by atoms with Gasteiger partial charge in [0.1, 0.15) is 0 Å². The molecule has 6 nitrogen and oxygen atoms in total. The third-order valence-corrected chi connectivity index (χ3v) is 6.20. The van der Waals surface area contributed by atoms with E-state index in [1.54, 1.807) is 42.5 Å². The van der Waals surface area contributed by atoms with E-state index in [-0.39, 0.29) is 17.2 Å². The van der Waals surface area contributed by atoms with E-state index < -0.39 is 11.1 Å². The van der Waals surface area contributed by atoms with Crippen molar-refractivity contribution < 1.29 is 23.9 Å². The van der Waals surface area contributed by atoms with E-state index in [1.807, 2.05) is 6.92 Å². The number of amides is 2. The van der Waals surface area contributed by atoms with Crippen LogP contribution in [0, 0.1) is 0 Å². The van der Waals surface area contributed by atoms with Crippen LogP contribution in [0.3, 0.4) is 0 Å². The highest BCUT2D eigenvalue weighted by atomic mass is 79.9. The standard InChI is InChI=1S/C21H17Br2NO5S/c1-3-29-19-15(23)8-12(9-17(19)28-2)10-18-20(26)24(21(27)30-18)11-16(25)13-4-6-14(22)7-5-13/h4-10H,3,11H2,1-2H3/b18-10+. The monoisotopic (exact) mass is 553 g/mol. The average molecular weight is 555 g/mol. The lowest BCUT2D eigenvalue weighted by Crippen LogP contribution is -2.33. The number of halogens is 2. The molecule has 2 amide bonds. The lowest BCUT2D eigenvalue weighted by atomic mass is 10.1. The van der Waals surface area contributed by atoms with Crippen molar-refractivity contribution in [1.82, 2.24) is 4.90 Å². The highest BCUT2D eigenvalue weighted by Gasteiger charge is 2.36. The normalized spacial score (nSPS) is 15.1. The van der Waals surface area contributed by atoms with Gasteiger partial charge in [-0.25, -0.2) is 0 Å². The van der Waals surface area contributed by atoms with Crippen LogP contribution in [0.25, 0.3) is 6.08 Å². The number of nitrogens with zero attached hydrogens (tertiary/aromatic N) is 1. The van der Waals surface area contributed by atoms with Crippen molar-refractivity contribution in [3.05, 3.63) is 61.4 Å². The van der Waals surface area contributed by atoms with Crippen molar-refractivity contribution in [2.45, 2.75) is 6.92 Å². The molecule has 1 saturated heterocycles. The van der Waals surface area contributed by atoms with E-state index in [1.165, 1.54) is 7.11 Å². The van der Waals surface area contributed by atoms with Crippen molar-refractivity contribution in [3.63, 3.8) is 0 Å². The molecule has 9 heteroatoms. The van der Waals surface area contributed by atoms with E-state index in [0.29, 0.717) is 33.7 Å². The average Bonchev–Trinajstić information content (AvgIpc) is 2.97. The van der Waals surface area contributed by atoms with Gasteiger partial charge in [-0.05, 0) is 70.5 Å². The van der Waals surface area contributed by atoms with Gasteiger partial charge in [0.25, 0.3) is 11.1 Å². The summed E-state index contributed by atoms with van der Waals surface area (Å²) in [6.45, 7) is 2.03. The van der Waals surface area contributed by atoms with Crippen LogP contribution in [0.5, 0.6) is 11.5 Å². The summed E-state index contributed by atoms with van der Waals surface area (Å²) in [7, 11) is 1.52. The van der Waals surface area contributed by atoms with Crippen LogP contribution in [-0.4, -0.2) is 42.1 Å². The molecule has 0 N–H and O–H groups in total. The molecule has 1 aliphatic rings. The van der Waals surface area contributed by atoms with Crippen molar-refractivity contribution in [2.75, 3.05) is 20.3 Å². The molecule has 0 spiro atoms. The van der Waals surface area contributed by atoms with Crippen LogP contribution in [-0.2, 0) is 4.79 Å². The second kappa shape index (κ2) is 9.80. The van der Waals surface area contributed by atoms with Gasteiger partial charge >= 0.3 is 0 Å². The van der Waals surface area contributed by atoms with Crippen LogP contribution >= 0.6 is 43.6 Å². The molecule has 0 radical (unpaired) electrons. The minimum Gasteiger partial charge on any atom is -0.493 e. The first-order valence-electron chi connectivity index (χ1n) is 8.88. The molecule has 0 aliphatic carbocycles. The van der Waals surface area contributed by atoms with E-state index >= 15 is 0 Å². The maximum Gasteiger partial charge on any atom is 0.293 e. The SMILES string of the molecule is CCOc1c(Br)cc(/C=C2/SC(=O)N(CC(=O)c3ccc(Br)cc3)C2=O)cc1OC. The maximum absolute atomic E-state index is 12.7. The first-order chi connectivity index (χ1) is 14.3. The minimum absolute atomic E-state index is 0.238. The fourth-order valence-corrected chi connectivity index (χ4v) is 4.44. The Morgan fingerprint density at radius 3 is 2.50 bits per heavy atom. The number of hydrogen-bond acceptors (Lipinski definition) is 6. The second-order valence-corrected chi connectivity index (χ2v) is 8.93. The zero-order valence-electron chi connectivity index (χ0n) is 16.1. The van der Waals surface area contributed by atoms with Gasteiger partial charge < -0.3 is 9.47 Å². The number of Topliss-reactive ketones (excluding diaryl/α,β-unsaturated/α-hetero) is 1. The zero-order chi connectivity index (χ0) is 21.8. The van der Waals surface area contributed by atoms with Gasteiger partial charge in [-0.1, -0.05) is 28.1 Å². The summed E-state index contributed by atoms with van der Waals surface area (Å²) in [5.41, 5.74) is 1.09. The Kier molecular flexibility index (Phi) is 7.38. The van der Waals surface area contributed by atoms with Gasteiger partial charge in [-0.2, -0.15) is 0 Å². The molecule has 30 heavy (non-hydrogen) atoms. The Balaban J connectivity index is 1.82. The number of carbonyl (C=O) groups excluding carboxylic acids is 3. The molecular weight excluding hydrogens is 538 g/mol. The van der Waals surface area contributed by atoms with Gasteiger partial charge in [-0.15, -0.1) is 0 Å². The highest BCUT2D eigenvalue weighted by Crippen LogP contribution is 2.39. The lowest BCUT2D eigenvalue weighted by molar-refractivity contribution is -0.122. The quantitative estimate of drug-likeness (QED) is 0.330. The molecule has 156 valence electrons. The van der Waals surface area contributed by atoms with E-state index in [9.17, 15) is 14.4 Å². The minimum atomic E-state index is -0.501. The van der Waals surface area contributed by atoms with Gasteiger partial charge in [0.05, 0.1) is 29.6 Å². The van der Waals surface area contributed by atoms with Crippen LogP contribution in [0.1, 0.15) is 22.8 Å². The molecule has 0 aromatic heterocycles. The van der Waals surface area contributed by atoms with E-state index in [4.69, 9.17) is 9.47 Å². The Hall–Kier alpha value is -2.10. The van der Waals surface area contributed by atoms with Crippen molar-refractivity contribution >= 4 is 66.6 Å². The molecule has 1 heterocycles. The number of hydrogen-bond donors (Lipinski definition) is 0.